The first-order valence-corrected chi connectivity index (χ1v) is 30.7. The Hall–Kier alpha value is -2.71. The molecule has 5 aliphatic rings. The molecule has 0 spiro atoms. The third-order valence-corrected chi connectivity index (χ3v) is 15.8. The van der Waals surface area contributed by atoms with Crippen LogP contribution < -0.4 is 40.2 Å². The van der Waals surface area contributed by atoms with Crippen molar-refractivity contribution < 1.29 is 217 Å². The normalized spacial score (nSPS) is 39.0. The molecular weight excluding hydrogens is 1350 g/mol. The summed E-state index contributed by atoms with van der Waals surface area (Å²) < 4.78 is 239. The van der Waals surface area contributed by atoms with Crippen LogP contribution in [0.3, 0.4) is 0 Å². The van der Waals surface area contributed by atoms with E-state index in [0.717, 1.165) is 0 Å². The van der Waals surface area contributed by atoms with Gasteiger partial charge in [0.2, 0.25) is 20.8 Å². The minimum absolute atomic E-state index is 0.957. The van der Waals surface area contributed by atoms with Crippen molar-refractivity contribution in [2.24, 2.45) is 11.8 Å². The molecule has 10 N–H and O–H groups in total. The molecule has 5 saturated heterocycles. The second-order valence-corrected chi connectivity index (χ2v) is 24.3. The Labute approximate surface area is 492 Å². The summed E-state index contributed by atoms with van der Waals surface area (Å²) >= 11 is 0. The van der Waals surface area contributed by atoms with E-state index in [0.29, 0.717) is 0 Å². The van der Waals surface area contributed by atoms with Crippen LogP contribution in [0.5, 0.6) is 0 Å². The Balaban J connectivity index is 1.42. The first kappa shape index (κ1) is 76.0. The molecule has 0 aliphatic carbocycles. The zero-order valence-electron chi connectivity index (χ0n) is 43.0. The first-order chi connectivity index (χ1) is 40.7. The van der Waals surface area contributed by atoms with Crippen molar-refractivity contribution >= 4 is 63.6 Å². The molecule has 0 bridgehead atoms. The topological polar surface area (TPSA) is 770 Å². The number of aliphatic hydroxyl groups excluding tert-OH is 7. The van der Waals surface area contributed by atoms with Gasteiger partial charge in [0.25, 0.3) is 0 Å². The maximum absolute atomic E-state index is 12.6. The van der Waals surface area contributed by atoms with E-state index in [1.165, 1.54) is 14.2 Å². The monoisotopic (exact) mass is 1400 g/mol. The fourth-order valence-electron chi connectivity index (χ4n) is 9.54. The Bertz CT molecular complexity index is 2850. The summed E-state index contributed by atoms with van der Waals surface area (Å²) in [5.74, 6) is -9.24. The number of rotatable bonds is 33. The molecule has 5 heterocycles. The van der Waals surface area contributed by atoms with E-state index in [9.17, 15) is 136 Å². The van der Waals surface area contributed by atoms with Crippen LogP contribution >= 0.6 is 0 Å². The van der Waals surface area contributed by atoms with E-state index in [1.54, 1.807) is 0 Å². The number of hydrogen-bond acceptors (Lipinski definition) is 46. The zero-order valence-corrected chi connectivity index (χ0v) is 47.1. The molecular formula is C34H49N3O46S5-10. The maximum atomic E-state index is 12.6. The van der Waals surface area contributed by atoms with Crippen LogP contribution in [0.2, 0.25) is 0 Å². The molecule has 88 heavy (non-hydrogen) atoms. The van der Waals surface area contributed by atoms with Crippen molar-refractivity contribution in [1.82, 2.24) is 14.2 Å². The molecule has 0 saturated carbocycles. The maximum Gasteiger partial charge on any atom is 0.218 e. The molecule has 0 aromatic carbocycles. The van der Waals surface area contributed by atoms with Crippen molar-refractivity contribution in [3.05, 3.63) is 0 Å². The predicted molar refractivity (Wildman–Crippen MR) is 230 cm³/mol. The summed E-state index contributed by atoms with van der Waals surface area (Å²) in [6.07, 6.45) is -50.0. The van der Waals surface area contributed by atoms with Gasteiger partial charge in [-0.2, -0.15) is 0 Å². The van der Waals surface area contributed by atoms with Gasteiger partial charge in [-0.1, -0.05) is 0 Å². The quantitative estimate of drug-likeness (QED) is 0.0126. The van der Waals surface area contributed by atoms with Crippen molar-refractivity contribution in [3.8, 4) is 0 Å². The highest BCUT2D eigenvalue weighted by Gasteiger charge is 2.56. The van der Waals surface area contributed by atoms with Crippen molar-refractivity contribution in [1.29, 1.82) is 0 Å². The molecule has 54 heteroatoms. The first-order valence-electron chi connectivity index (χ1n) is 23.8. The van der Waals surface area contributed by atoms with E-state index in [2.05, 4.69) is 38.1 Å². The van der Waals surface area contributed by atoms with Crippen LogP contribution in [0, 0.1) is 11.8 Å². The van der Waals surface area contributed by atoms with Gasteiger partial charge in [0.15, 0.2) is 55.9 Å². The highest BCUT2D eigenvalue weighted by molar-refractivity contribution is 7.84. The van der Waals surface area contributed by atoms with Crippen molar-refractivity contribution in [2.45, 2.75) is 141 Å². The summed E-state index contributed by atoms with van der Waals surface area (Å²) in [5, 5.41) is 143. The number of aliphatic carboxylic acids is 2. The largest absolute Gasteiger partial charge is 0.735 e. The van der Waals surface area contributed by atoms with Gasteiger partial charge in [0.1, 0.15) is 111 Å². The molecule has 5 aliphatic heterocycles. The summed E-state index contributed by atoms with van der Waals surface area (Å²) in [5.41, 5.74) is 0. The lowest BCUT2D eigenvalue weighted by atomic mass is 9.88. The molecule has 5 fully saturated rings. The summed E-state index contributed by atoms with van der Waals surface area (Å²) in [4.78, 5) is 37.6. The van der Waals surface area contributed by atoms with Gasteiger partial charge in [-0.3, -0.25) is 23.5 Å². The van der Waals surface area contributed by atoms with Crippen LogP contribution in [-0.2, 0) is 142 Å². The van der Waals surface area contributed by atoms with Gasteiger partial charge in [0, 0.05) is 11.8 Å². The lowest BCUT2D eigenvalue weighted by molar-refractivity contribution is -0.801. The molecule has 0 amide bonds. The van der Waals surface area contributed by atoms with Gasteiger partial charge in [0.05, 0.1) is 62.7 Å². The molecule has 0 aromatic heterocycles. The summed E-state index contributed by atoms with van der Waals surface area (Å²) in [6.45, 7) is -8.78. The van der Waals surface area contributed by atoms with Gasteiger partial charge >= 0.3 is 0 Å². The number of hydrogen-bond donors (Lipinski definition) is 10. The molecule has 0 aromatic rings. The highest BCUT2D eigenvalue weighted by atomic mass is 32.3. The van der Waals surface area contributed by atoms with Crippen molar-refractivity contribution in [3.63, 3.8) is 0 Å². The minimum atomic E-state index is -6.31. The third kappa shape index (κ3) is 21.4. The van der Waals surface area contributed by atoms with E-state index in [1.807, 2.05) is 0 Å². The number of carboxylic acid groups (broad SMARTS) is 2. The van der Waals surface area contributed by atoms with Crippen LogP contribution in [-0.4, -0.2) is 300 Å². The van der Waals surface area contributed by atoms with Crippen molar-refractivity contribution in [2.75, 3.05) is 46.2 Å². The fourth-order valence-corrected chi connectivity index (χ4v) is 12.3. The molecule has 0 radical (unpaired) electrons. The van der Waals surface area contributed by atoms with Gasteiger partial charge in [-0.15, -0.1) is 0 Å². The fraction of sp³-hybridized carbons (Fsp3) is 0.941. The molecule has 5 rings (SSSR count). The smallest absolute Gasteiger partial charge is 0.218 e. The zero-order chi connectivity index (χ0) is 66.2. The Morgan fingerprint density at radius 1 is 0.398 bits per heavy atom. The average molecular weight is 1400 g/mol. The van der Waals surface area contributed by atoms with Crippen LogP contribution in [0.1, 0.15) is 0 Å². The predicted octanol–water partition coefficient (Wildman–Crippen LogP) is -20.0. The number of carbonyl (C=O) groups excluding carboxylic acids is 2. The number of ether oxygens (including phenoxy) is 9. The molecule has 49 nitrogen and oxygen atoms in total. The Kier molecular flexibility index (Phi) is 27.6. The van der Waals surface area contributed by atoms with Crippen LogP contribution in [0.4, 0.5) is 0 Å². The van der Waals surface area contributed by atoms with Crippen LogP contribution in [0.25, 0.3) is 0 Å². The Morgan fingerprint density at radius 2 is 0.807 bits per heavy atom. The van der Waals surface area contributed by atoms with Gasteiger partial charge in [-0.05, 0) is 0 Å². The molecule has 10 unspecified atom stereocenters. The van der Waals surface area contributed by atoms with E-state index in [4.69, 9.17) is 42.6 Å². The number of carboxylic acids is 2. The number of aliphatic hydroxyl groups is 7. The number of nitrogens with one attached hydrogen (secondary N) is 3. The van der Waals surface area contributed by atoms with E-state index in [-0.39, 0.29) is 0 Å². The average Bonchev–Trinajstić information content (AvgIpc) is 1.89. The standard InChI is InChI=1S/C34H59N3O46S5/c38-18-8(1-67-3-10-15(35-84(52,53)54)21(41)20(40)12(72-10)5-69-81-49)24(30(44)45)75-33(23(18)43)78-27-14(7-71-83-51)73-11(16(36-85(55,56)57)28(27)79-87(61,62)63)4-68-2-9-19(39)29(80-88(64,65)66)34(76-25(9)31(46)47)77-26-13(6-70-82-50)74-32(48)17(22(26)42)37-86(58,59)60/h8-29,32-43,48-51H,1-7H2,(H,44,45)(H,46,47)(H,52,53,54)(H,55,56,57)(H,58,59,60)(H,61,62,63)(H,64,65,66)/p-10/t8-,9-,10+,11+,12?,13?,14?,15?,16?,17?,18+,19+,20+,21-,22-,23?,24?,25?,26+,27+,28-,29?,32-,33-,34-/m0/s1. The third-order valence-electron chi connectivity index (χ3n) is 13.2. The van der Waals surface area contributed by atoms with Crippen LogP contribution in [0.15, 0.2) is 0 Å². The second-order valence-electron chi connectivity index (χ2n) is 18.8. The minimum Gasteiger partial charge on any atom is -0.735 e. The Morgan fingerprint density at radius 3 is 1.28 bits per heavy atom. The highest BCUT2D eigenvalue weighted by Crippen LogP contribution is 2.37. The summed E-state index contributed by atoms with van der Waals surface area (Å²) in [6, 6.07) is -7.30. The van der Waals surface area contributed by atoms with Gasteiger partial charge < -0.3 is 137 Å². The summed E-state index contributed by atoms with van der Waals surface area (Å²) in [7, 11) is -29.6. The molecule has 25 atom stereocenters. The number of carbonyl (C=O) groups is 2. The SMILES string of the molecule is O=C([O-])C1O[C@@H](O[C@@H]2C(COO[O-])O[C@H](COC[C@@H]3C(C(=O)[O-])O[C@@H](O[C@@H]4C(COO[O-])O[C@H](O)C(NS(=O)(=O)[O-])[C@@H]4O)C(OS(=O)(=O)[O-])[C@@H]3O)C(NS(=O)(=O)[O-])[C@@H]2OS(=O)(=O)[O-])C(O)[C@H](O)[C@@H]1COC[C@H]1OC(COO[O-])[C@@H](O)[C@@H](O)C1NS(=O)(=O)[O-]. The lowest BCUT2D eigenvalue weighted by Crippen LogP contribution is -2.69. The second kappa shape index (κ2) is 31.9. The lowest BCUT2D eigenvalue weighted by Gasteiger charge is -2.49. The van der Waals surface area contributed by atoms with E-state index < -0.39 is 262 Å². The van der Waals surface area contributed by atoms with Gasteiger partial charge in [-0.25, -0.2) is 70.9 Å². The van der Waals surface area contributed by atoms with E-state index >= 15 is 0 Å². The molecule has 516 valence electrons.